The van der Waals surface area contributed by atoms with E-state index < -0.39 is 0 Å². The van der Waals surface area contributed by atoms with Crippen LogP contribution in [0.3, 0.4) is 0 Å². The van der Waals surface area contributed by atoms with Gasteiger partial charge in [0.2, 0.25) is 0 Å². The van der Waals surface area contributed by atoms with E-state index in [1.807, 2.05) is 24.3 Å². The number of pyridine rings is 1. The Labute approximate surface area is 165 Å². The number of methoxy groups -OCH3 is 1. The van der Waals surface area contributed by atoms with Gasteiger partial charge in [-0.15, -0.1) is 0 Å². The molecule has 0 aliphatic carbocycles. The third-order valence-corrected chi connectivity index (χ3v) is 5.46. The lowest BCUT2D eigenvalue weighted by atomic mass is 10.1. The number of anilines is 2. The van der Waals surface area contributed by atoms with E-state index in [9.17, 15) is 4.79 Å². The van der Waals surface area contributed by atoms with Gasteiger partial charge in [-0.3, -0.25) is 0 Å². The molecule has 2 aromatic carbocycles. The van der Waals surface area contributed by atoms with Gasteiger partial charge in [0.25, 0.3) is 0 Å². The van der Waals surface area contributed by atoms with Crippen molar-refractivity contribution in [1.82, 2.24) is 4.98 Å². The van der Waals surface area contributed by atoms with Crippen molar-refractivity contribution < 1.29 is 9.53 Å². The highest BCUT2D eigenvalue weighted by atomic mass is 16.5. The summed E-state index contributed by atoms with van der Waals surface area (Å²) in [6.07, 6.45) is 1.64. The number of nitrogens with zero attached hydrogens (tertiary/aromatic N) is 3. The number of esters is 1. The van der Waals surface area contributed by atoms with E-state index in [2.05, 4.69) is 46.8 Å². The number of hydrogen-bond acceptors (Lipinski definition) is 5. The molecular formula is C23H25N3O2. The molecule has 5 nitrogen and oxygen atoms in total. The van der Waals surface area contributed by atoms with Crippen molar-refractivity contribution >= 4 is 28.2 Å². The molecule has 0 atom stereocenters. The van der Waals surface area contributed by atoms with Crippen molar-refractivity contribution in [2.45, 2.75) is 13.8 Å². The van der Waals surface area contributed by atoms with E-state index in [4.69, 9.17) is 4.74 Å². The number of aryl methyl sites for hydroxylation is 2. The maximum Gasteiger partial charge on any atom is 0.340 e. The van der Waals surface area contributed by atoms with Crippen molar-refractivity contribution in [1.29, 1.82) is 0 Å². The molecule has 28 heavy (non-hydrogen) atoms. The van der Waals surface area contributed by atoms with Crippen molar-refractivity contribution in [2.75, 3.05) is 43.1 Å². The van der Waals surface area contributed by atoms with Gasteiger partial charge in [0.15, 0.2) is 0 Å². The zero-order valence-corrected chi connectivity index (χ0v) is 16.6. The second-order valence-electron chi connectivity index (χ2n) is 7.30. The molecule has 0 saturated carbocycles. The predicted molar refractivity (Wildman–Crippen MR) is 113 cm³/mol. The molecule has 0 bridgehead atoms. The molecule has 1 saturated heterocycles. The second kappa shape index (κ2) is 7.50. The number of benzene rings is 2. The second-order valence-corrected chi connectivity index (χ2v) is 7.30. The first-order valence-electron chi connectivity index (χ1n) is 9.61. The first-order valence-corrected chi connectivity index (χ1v) is 9.61. The Morgan fingerprint density at radius 1 is 0.964 bits per heavy atom. The molecule has 0 radical (unpaired) electrons. The minimum absolute atomic E-state index is 0.352. The number of hydrogen-bond donors (Lipinski definition) is 0. The SMILES string of the molecule is COC(=O)c1cnc(N2CCN(c3cc(C)ccc3C)CC2)c2ccccc12. The molecule has 0 spiro atoms. The van der Waals surface area contributed by atoms with Gasteiger partial charge in [-0.2, -0.15) is 0 Å². The lowest BCUT2D eigenvalue weighted by Gasteiger charge is -2.38. The molecule has 5 heteroatoms. The zero-order valence-electron chi connectivity index (χ0n) is 16.6. The summed E-state index contributed by atoms with van der Waals surface area (Å²) < 4.78 is 4.91. The van der Waals surface area contributed by atoms with Gasteiger partial charge in [-0.05, 0) is 31.0 Å². The number of fused-ring (bicyclic) bond motifs is 1. The topological polar surface area (TPSA) is 45.7 Å². The predicted octanol–water partition coefficient (Wildman–Crippen LogP) is 3.96. The molecule has 144 valence electrons. The zero-order chi connectivity index (χ0) is 19.7. The van der Waals surface area contributed by atoms with Crippen LogP contribution in [-0.2, 0) is 4.74 Å². The summed E-state index contributed by atoms with van der Waals surface area (Å²) in [7, 11) is 1.40. The summed E-state index contributed by atoms with van der Waals surface area (Å²) in [6.45, 7) is 7.97. The average molecular weight is 375 g/mol. The Morgan fingerprint density at radius 2 is 1.64 bits per heavy atom. The Morgan fingerprint density at radius 3 is 2.36 bits per heavy atom. The normalized spacial score (nSPS) is 14.4. The highest BCUT2D eigenvalue weighted by Gasteiger charge is 2.22. The molecule has 1 fully saturated rings. The van der Waals surface area contributed by atoms with Gasteiger partial charge in [0, 0.05) is 48.8 Å². The van der Waals surface area contributed by atoms with Gasteiger partial charge in [-0.25, -0.2) is 9.78 Å². The fourth-order valence-electron chi connectivity index (χ4n) is 3.92. The summed E-state index contributed by atoms with van der Waals surface area (Å²) in [6, 6.07) is 14.5. The van der Waals surface area contributed by atoms with Gasteiger partial charge >= 0.3 is 5.97 Å². The van der Waals surface area contributed by atoms with Crippen LogP contribution in [0.2, 0.25) is 0 Å². The number of carbonyl (C=O) groups is 1. The van der Waals surface area contributed by atoms with Gasteiger partial charge in [-0.1, -0.05) is 36.4 Å². The van der Waals surface area contributed by atoms with Crippen LogP contribution in [-0.4, -0.2) is 44.2 Å². The number of aromatic nitrogens is 1. The van der Waals surface area contributed by atoms with Crippen LogP contribution >= 0.6 is 0 Å². The van der Waals surface area contributed by atoms with Crippen molar-refractivity contribution in [3.63, 3.8) is 0 Å². The molecule has 0 unspecified atom stereocenters. The minimum atomic E-state index is -0.352. The first-order chi connectivity index (χ1) is 13.6. The molecular weight excluding hydrogens is 350 g/mol. The van der Waals surface area contributed by atoms with E-state index in [-0.39, 0.29) is 5.97 Å². The van der Waals surface area contributed by atoms with Gasteiger partial charge < -0.3 is 14.5 Å². The summed E-state index contributed by atoms with van der Waals surface area (Å²) >= 11 is 0. The van der Waals surface area contributed by atoms with E-state index in [1.54, 1.807) is 6.20 Å². The van der Waals surface area contributed by atoms with Gasteiger partial charge in [0.05, 0.1) is 12.7 Å². The number of rotatable bonds is 3. The van der Waals surface area contributed by atoms with Crippen LogP contribution in [0.5, 0.6) is 0 Å². The van der Waals surface area contributed by atoms with Crippen LogP contribution in [0.15, 0.2) is 48.7 Å². The Balaban J connectivity index is 1.61. The molecule has 1 aromatic heterocycles. The molecule has 1 aliphatic rings. The first kappa shape index (κ1) is 18.3. The van der Waals surface area contributed by atoms with Crippen LogP contribution in [0.1, 0.15) is 21.5 Å². The van der Waals surface area contributed by atoms with Crippen LogP contribution in [0.25, 0.3) is 10.8 Å². The quantitative estimate of drug-likeness (QED) is 0.649. The summed E-state index contributed by atoms with van der Waals surface area (Å²) in [5, 5.41) is 1.88. The Bertz CT molecular complexity index is 1020. The number of piperazine rings is 1. The number of carbonyl (C=O) groups excluding carboxylic acids is 1. The van der Waals surface area contributed by atoms with Crippen molar-refractivity contribution in [3.05, 3.63) is 65.4 Å². The van der Waals surface area contributed by atoms with E-state index >= 15 is 0 Å². The molecule has 1 aliphatic heterocycles. The van der Waals surface area contributed by atoms with Crippen molar-refractivity contribution in [2.24, 2.45) is 0 Å². The summed E-state index contributed by atoms with van der Waals surface area (Å²) in [5.41, 5.74) is 4.42. The molecule has 0 N–H and O–H groups in total. The van der Waals surface area contributed by atoms with Crippen LogP contribution in [0.4, 0.5) is 11.5 Å². The average Bonchev–Trinajstić information content (AvgIpc) is 2.74. The summed E-state index contributed by atoms with van der Waals surface area (Å²) in [4.78, 5) is 21.5. The molecule has 3 aromatic rings. The van der Waals surface area contributed by atoms with Crippen LogP contribution < -0.4 is 9.80 Å². The highest BCUT2D eigenvalue weighted by Crippen LogP contribution is 2.30. The smallest absolute Gasteiger partial charge is 0.340 e. The monoisotopic (exact) mass is 375 g/mol. The maximum absolute atomic E-state index is 12.1. The van der Waals surface area contributed by atoms with Gasteiger partial charge in [0.1, 0.15) is 5.82 Å². The minimum Gasteiger partial charge on any atom is -0.465 e. The third kappa shape index (κ3) is 3.28. The fraction of sp³-hybridized carbons (Fsp3) is 0.304. The van der Waals surface area contributed by atoms with E-state index in [0.717, 1.165) is 42.8 Å². The third-order valence-electron chi connectivity index (χ3n) is 5.46. The van der Waals surface area contributed by atoms with Crippen LogP contribution in [0, 0.1) is 13.8 Å². The van der Waals surface area contributed by atoms with Crippen molar-refractivity contribution in [3.8, 4) is 0 Å². The van der Waals surface area contributed by atoms with E-state index in [0.29, 0.717) is 5.56 Å². The molecule has 2 heterocycles. The van der Waals surface area contributed by atoms with E-state index in [1.165, 1.54) is 23.9 Å². The maximum atomic E-state index is 12.1. The lowest BCUT2D eigenvalue weighted by molar-refractivity contribution is 0.0602. The summed E-state index contributed by atoms with van der Waals surface area (Å²) in [5.74, 6) is 0.582. The highest BCUT2D eigenvalue weighted by molar-refractivity contribution is 6.07. The largest absolute Gasteiger partial charge is 0.465 e. The number of ether oxygens (including phenoxy) is 1. The molecule has 4 rings (SSSR count). The Hall–Kier alpha value is -3.08. The fourth-order valence-corrected chi connectivity index (χ4v) is 3.92. The molecule has 0 amide bonds. The lowest BCUT2D eigenvalue weighted by Crippen LogP contribution is -2.47. The Kier molecular flexibility index (Phi) is 4.90. The standard InChI is InChI=1S/C23H25N3O2/c1-16-8-9-17(2)21(14-16)25-10-12-26(13-11-25)22-19-7-5-4-6-18(19)20(15-24-22)23(27)28-3/h4-9,14-15H,10-13H2,1-3H3.